The minimum absolute atomic E-state index is 0.163. The zero-order valence-electron chi connectivity index (χ0n) is 13.3. The number of alkyl halides is 3. The number of halogens is 3. The third-order valence-electron chi connectivity index (χ3n) is 5.68. The van der Waals surface area contributed by atoms with Crippen LogP contribution in [0.3, 0.4) is 0 Å². The molecule has 1 saturated carbocycles. The van der Waals surface area contributed by atoms with Crippen molar-refractivity contribution in [3.05, 3.63) is 34.9 Å². The lowest BCUT2D eigenvalue weighted by Gasteiger charge is -2.45. The highest BCUT2D eigenvalue weighted by atomic mass is 19.4. The number of amides is 1. The number of nitrogens with zero attached hydrogens (tertiary/aromatic N) is 1. The van der Waals surface area contributed by atoms with Gasteiger partial charge in [-0.2, -0.15) is 13.2 Å². The first-order chi connectivity index (χ1) is 11.3. The van der Waals surface area contributed by atoms with E-state index < -0.39 is 23.1 Å². The topological polar surface area (TPSA) is 38.8 Å². The van der Waals surface area contributed by atoms with Crippen LogP contribution in [0.15, 0.2) is 18.2 Å². The highest BCUT2D eigenvalue weighted by Gasteiger charge is 2.54. The van der Waals surface area contributed by atoms with E-state index in [1.165, 1.54) is 6.07 Å². The smallest absolute Gasteiger partial charge is 0.348 e. The van der Waals surface area contributed by atoms with Gasteiger partial charge in [-0.15, -0.1) is 0 Å². The monoisotopic (exact) mass is 341 g/mol. The van der Waals surface area contributed by atoms with Crippen molar-refractivity contribution in [2.24, 2.45) is 0 Å². The van der Waals surface area contributed by atoms with Crippen molar-refractivity contribution in [3.63, 3.8) is 0 Å². The van der Waals surface area contributed by atoms with E-state index in [9.17, 15) is 18.0 Å². The summed E-state index contributed by atoms with van der Waals surface area (Å²) in [5, 5.41) is 0. The number of fused-ring (bicyclic) bond motifs is 2. The first-order valence-electron chi connectivity index (χ1n) is 8.05. The van der Waals surface area contributed by atoms with E-state index in [0.717, 1.165) is 12.1 Å². The van der Waals surface area contributed by atoms with Gasteiger partial charge in [0.25, 0.3) is 5.91 Å². The standard InChI is InChI=1S/C17H18F3NO3/c1-21-14(22)12-10-11(17(18,19)20)2-3-13(12)15(21)4-6-16(7-5-15)23-8-9-24-16/h2-3,10H,4-9H2,1H3. The van der Waals surface area contributed by atoms with E-state index in [2.05, 4.69) is 0 Å². The molecule has 2 aliphatic heterocycles. The SMILES string of the molecule is CN1C(=O)c2cc(C(F)(F)F)ccc2C12CCC1(CC2)OCCO1. The van der Waals surface area contributed by atoms with Crippen molar-refractivity contribution >= 4 is 5.91 Å². The third-order valence-corrected chi connectivity index (χ3v) is 5.68. The molecule has 2 spiro atoms. The predicted molar refractivity (Wildman–Crippen MR) is 78.3 cm³/mol. The van der Waals surface area contributed by atoms with E-state index in [1.54, 1.807) is 11.9 Å². The lowest BCUT2D eigenvalue weighted by Crippen LogP contribution is -2.48. The number of hydrogen-bond acceptors (Lipinski definition) is 3. The normalized spacial score (nSPS) is 24.8. The van der Waals surface area contributed by atoms with Crippen LogP contribution in [0, 0.1) is 0 Å². The maximum absolute atomic E-state index is 13.0. The van der Waals surface area contributed by atoms with Gasteiger partial charge >= 0.3 is 6.18 Å². The first kappa shape index (κ1) is 15.9. The molecule has 1 aliphatic carbocycles. The van der Waals surface area contributed by atoms with Gasteiger partial charge in [0.05, 0.1) is 24.3 Å². The van der Waals surface area contributed by atoms with Gasteiger partial charge < -0.3 is 14.4 Å². The molecule has 0 N–H and O–H groups in total. The summed E-state index contributed by atoms with van der Waals surface area (Å²) in [6.07, 6.45) is -1.96. The van der Waals surface area contributed by atoms with Crippen LogP contribution in [-0.4, -0.2) is 36.9 Å². The summed E-state index contributed by atoms with van der Waals surface area (Å²) >= 11 is 0. The number of carbonyl (C=O) groups excluding carboxylic acids is 1. The molecule has 130 valence electrons. The van der Waals surface area contributed by atoms with Crippen LogP contribution in [0.2, 0.25) is 0 Å². The summed E-state index contributed by atoms with van der Waals surface area (Å²) in [5.74, 6) is -0.926. The highest BCUT2D eigenvalue weighted by Crippen LogP contribution is 2.52. The van der Waals surface area contributed by atoms with Crippen molar-refractivity contribution in [1.82, 2.24) is 4.90 Å². The van der Waals surface area contributed by atoms with Crippen LogP contribution in [0.5, 0.6) is 0 Å². The Morgan fingerprint density at radius 1 is 1.08 bits per heavy atom. The molecule has 24 heavy (non-hydrogen) atoms. The Bertz CT molecular complexity index is 685. The Kier molecular flexibility index (Phi) is 3.28. The van der Waals surface area contributed by atoms with Crippen LogP contribution in [-0.2, 0) is 21.2 Å². The molecule has 1 amide bonds. The molecule has 4 rings (SSSR count). The molecule has 1 aromatic carbocycles. The minimum Gasteiger partial charge on any atom is -0.348 e. The highest BCUT2D eigenvalue weighted by molar-refractivity contribution is 6.00. The second-order valence-electron chi connectivity index (χ2n) is 6.76. The Labute approximate surface area is 137 Å². The van der Waals surface area contributed by atoms with Gasteiger partial charge in [-0.05, 0) is 30.5 Å². The lowest BCUT2D eigenvalue weighted by atomic mass is 9.74. The van der Waals surface area contributed by atoms with E-state index in [1.807, 2.05) is 0 Å². The van der Waals surface area contributed by atoms with Crippen molar-refractivity contribution in [2.45, 2.75) is 43.2 Å². The Hall–Kier alpha value is -1.60. The zero-order valence-corrected chi connectivity index (χ0v) is 13.3. The van der Waals surface area contributed by atoms with Crippen LogP contribution in [0.25, 0.3) is 0 Å². The molecule has 1 saturated heterocycles. The van der Waals surface area contributed by atoms with Gasteiger partial charge in [-0.3, -0.25) is 4.79 Å². The third kappa shape index (κ3) is 2.10. The van der Waals surface area contributed by atoms with Gasteiger partial charge in [0, 0.05) is 25.5 Å². The van der Waals surface area contributed by atoms with Crippen molar-refractivity contribution in [3.8, 4) is 0 Å². The van der Waals surface area contributed by atoms with Gasteiger partial charge in [0.2, 0.25) is 0 Å². The summed E-state index contributed by atoms with van der Waals surface area (Å²) in [6, 6.07) is 3.52. The molecule has 1 aromatic rings. The van der Waals surface area contributed by atoms with Crippen molar-refractivity contribution < 1.29 is 27.4 Å². The minimum atomic E-state index is -4.45. The average molecular weight is 341 g/mol. The van der Waals surface area contributed by atoms with Crippen LogP contribution in [0.4, 0.5) is 13.2 Å². The van der Waals surface area contributed by atoms with Gasteiger partial charge in [0.1, 0.15) is 0 Å². The molecule has 7 heteroatoms. The Balaban J connectivity index is 1.71. The van der Waals surface area contributed by atoms with Crippen molar-refractivity contribution in [1.29, 1.82) is 0 Å². The Morgan fingerprint density at radius 3 is 2.29 bits per heavy atom. The average Bonchev–Trinajstić information content (AvgIpc) is 3.08. The van der Waals surface area contributed by atoms with Crippen LogP contribution < -0.4 is 0 Å². The largest absolute Gasteiger partial charge is 0.416 e. The number of rotatable bonds is 0. The zero-order chi connectivity index (χ0) is 17.2. The molecular formula is C17H18F3NO3. The predicted octanol–water partition coefficient (Wildman–Crippen LogP) is 3.30. The van der Waals surface area contributed by atoms with Gasteiger partial charge in [0.15, 0.2) is 5.79 Å². The molecule has 0 aromatic heterocycles. The molecule has 4 nitrogen and oxygen atoms in total. The van der Waals surface area contributed by atoms with Crippen LogP contribution in [0.1, 0.15) is 47.2 Å². The maximum atomic E-state index is 13.0. The number of benzene rings is 1. The van der Waals surface area contributed by atoms with Crippen molar-refractivity contribution in [2.75, 3.05) is 20.3 Å². The van der Waals surface area contributed by atoms with Gasteiger partial charge in [-0.25, -0.2) is 0 Å². The Morgan fingerprint density at radius 2 is 1.71 bits per heavy atom. The fraction of sp³-hybridized carbons (Fsp3) is 0.588. The number of carbonyl (C=O) groups is 1. The summed E-state index contributed by atoms with van der Waals surface area (Å²) in [4.78, 5) is 14.2. The number of hydrogen-bond donors (Lipinski definition) is 0. The van der Waals surface area contributed by atoms with E-state index in [-0.39, 0.29) is 11.5 Å². The lowest BCUT2D eigenvalue weighted by molar-refractivity contribution is -0.191. The number of ether oxygens (including phenoxy) is 2. The molecule has 0 radical (unpaired) electrons. The molecule has 2 heterocycles. The summed E-state index contributed by atoms with van der Waals surface area (Å²) < 4.78 is 50.3. The summed E-state index contributed by atoms with van der Waals surface area (Å²) in [5.41, 5.74) is -0.487. The first-order valence-corrected chi connectivity index (χ1v) is 8.05. The fourth-order valence-electron chi connectivity index (χ4n) is 4.29. The van der Waals surface area contributed by atoms with E-state index >= 15 is 0 Å². The van der Waals surface area contributed by atoms with Gasteiger partial charge in [-0.1, -0.05) is 6.07 Å². The molecule has 2 fully saturated rings. The quantitative estimate of drug-likeness (QED) is 0.727. The molecular weight excluding hydrogens is 323 g/mol. The fourth-order valence-corrected chi connectivity index (χ4v) is 4.29. The van der Waals surface area contributed by atoms with E-state index in [0.29, 0.717) is 44.5 Å². The summed E-state index contributed by atoms with van der Waals surface area (Å²) in [7, 11) is 1.67. The second kappa shape index (κ2) is 4.95. The maximum Gasteiger partial charge on any atom is 0.416 e. The summed E-state index contributed by atoms with van der Waals surface area (Å²) in [6.45, 7) is 1.13. The molecule has 0 atom stereocenters. The molecule has 3 aliphatic rings. The van der Waals surface area contributed by atoms with Crippen LogP contribution >= 0.6 is 0 Å². The molecule has 0 bridgehead atoms. The molecule has 0 unspecified atom stereocenters. The second-order valence-corrected chi connectivity index (χ2v) is 6.76. The van der Waals surface area contributed by atoms with E-state index in [4.69, 9.17) is 9.47 Å².